The maximum Gasteiger partial charge on any atom is 0.196 e. The predicted octanol–water partition coefficient (Wildman–Crippen LogP) is 3.61. The van der Waals surface area contributed by atoms with E-state index in [0.717, 1.165) is 30.0 Å². The van der Waals surface area contributed by atoms with Crippen molar-refractivity contribution < 1.29 is 13.9 Å². The molecule has 140 valence electrons. The highest BCUT2D eigenvalue weighted by Crippen LogP contribution is 2.32. The molecule has 0 radical (unpaired) electrons. The van der Waals surface area contributed by atoms with Gasteiger partial charge in [-0.25, -0.2) is 0 Å². The van der Waals surface area contributed by atoms with E-state index in [9.17, 15) is 4.79 Å². The molecule has 2 aromatic carbocycles. The van der Waals surface area contributed by atoms with E-state index >= 15 is 0 Å². The molecule has 0 unspecified atom stereocenters. The number of methoxy groups -OCH3 is 1. The zero-order valence-electron chi connectivity index (χ0n) is 15.7. The number of benzene rings is 2. The van der Waals surface area contributed by atoms with E-state index in [4.69, 9.17) is 13.9 Å². The first kappa shape index (κ1) is 17.8. The molecule has 0 aliphatic carbocycles. The van der Waals surface area contributed by atoms with Crippen LogP contribution in [0.1, 0.15) is 11.1 Å². The van der Waals surface area contributed by atoms with E-state index < -0.39 is 0 Å². The molecule has 0 saturated carbocycles. The molecule has 1 aromatic heterocycles. The Kier molecular flexibility index (Phi) is 4.97. The Balaban J connectivity index is 1.92. The van der Waals surface area contributed by atoms with Gasteiger partial charge in [-0.3, -0.25) is 9.69 Å². The van der Waals surface area contributed by atoms with Crippen molar-refractivity contribution in [3.8, 4) is 17.1 Å². The van der Waals surface area contributed by atoms with Gasteiger partial charge in [0.25, 0.3) is 0 Å². The molecule has 1 aliphatic rings. The lowest BCUT2D eigenvalue weighted by Crippen LogP contribution is -2.35. The first-order chi connectivity index (χ1) is 13.2. The second-order valence-electron chi connectivity index (χ2n) is 6.76. The monoisotopic (exact) mass is 365 g/mol. The second kappa shape index (κ2) is 7.55. The van der Waals surface area contributed by atoms with E-state index in [0.29, 0.717) is 42.1 Å². The van der Waals surface area contributed by atoms with E-state index in [-0.39, 0.29) is 5.43 Å². The fraction of sp³-hybridized carbons (Fsp3) is 0.318. The maximum atomic E-state index is 13.0. The van der Waals surface area contributed by atoms with Crippen molar-refractivity contribution in [2.75, 3.05) is 33.4 Å². The fourth-order valence-electron chi connectivity index (χ4n) is 3.58. The van der Waals surface area contributed by atoms with Gasteiger partial charge >= 0.3 is 0 Å². The summed E-state index contributed by atoms with van der Waals surface area (Å²) < 4.78 is 17.4. The Hall–Kier alpha value is -2.63. The summed E-state index contributed by atoms with van der Waals surface area (Å²) in [5.41, 5.74) is 3.03. The summed E-state index contributed by atoms with van der Waals surface area (Å²) in [4.78, 5) is 15.3. The van der Waals surface area contributed by atoms with Crippen LogP contribution in [0.4, 0.5) is 0 Å². The SMILES string of the molecule is COc1ccc2c(=O)c(C)c(-c3ccccc3)oc2c1CN1CCOCC1. The number of ether oxygens (including phenoxy) is 2. The van der Waals surface area contributed by atoms with Crippen molar-refractivity contribution in [3.05, 3.63) is 63.8 Å². The van der Waals surface area contributed by atoms with Crippen LogP contribution < -0.4 is 10.2 Å². The first-order valence-corrected chi connectivity index (χ1v) is 9.18. The highest BCUT2D eigenvalue weighted by atomic mass is 16.5. The standard InChI is InChI=1S/C22H23NO4/c1-15-20(24)17-8-9-19(25-2)18(14-23-10-12-26-13-11-23)22(17)27-21(15)16-6-4-3-5-7-16/h3-9H,10-14H2,1-2H3. The van der Waals surface area contributed by atoms with Gasteiger partial charge in [0.1, 0.15) is 17.1 Å². The third kappa shape index (κ3) is 3.36. The van der Waals surface area contributed by atoms with Gasteiger partial charge in [0.2, 0.25) is 0 Å². The molecule has 1 fully saturated rings. The zero-order chi connectivity index (χ0) is 18.8. The minimum Gasteiger partial charge on any atom is -0.496 e. The lowest BCUT2D eigenvalue weighted by Gasteiger charge is -2.27. The van der Waals surface area contributed by atoms with Gasteiger partial charge in [-0.2, -0.15) is 0 Å². The normalized spacial score (nSPS) is 15.2. The van der Waals surface area contributed by atoms with Crippen LogP contribution in [0.25, 0.3) is 22.3 Å². The summed E-state index contributed by atoms with van der Waals surface area (Å²) in [7, 11) is 1.65. The Morgan fingerprint density at radius 3 is 2.52 bits per heavy atom. The molecule has 3 aromatic rings. The first-order valence-electron chi connectivity index (χ1n) is 9.18. The minimum atomic E-state index is 0.000911. The molecule has 0 bridgehead atoms. The average Bonchev–Trinajstić information content (AvgIpc) is 2.72. The summed E-state index contributed by atoms with van der Waals surface area (Å²) in [6, 6.07) is 13.4. The molecular weight excluding hydrogens is 342 g/mol. The molecule has 5 nitrogen and oxygen atoms in total. The van der Waals surface area contributed by atoms with Gasteiger partial charge in [0.05, 0.1) is 31.3 Å². The minimum absolute atomic E-state index is 0.000911. The number of hydrogen-bond acceptors (Lipinski definition) is 5. The molecular formula is C22H23NO4. The van der Waals surface area contributed by atoms with Crippen LogP contribution in [0.3, 0.4) is 0 Å². The Morgan fingerprint density at radius 1 is 1.07 bits per heavy atom. The molecule has 2 heterocycles. The third-order valence-corrected chi connectivity index (χ3v) is 5.09. The van der Waals surface area contributed by atoms with Crippen LogP contribution in [0.5, 0.6) is 5.75 Å². The van der Waals surface area contributed by atoms with E-state index in [2.05, 4.69) is 4.90 Å². The highest BCUT2D eigenvalue weighted by molar-refractivity contribution is 5.85. The van der Waals surface area contributed by atoms with Crippen molar-refractivity contribution in [1.29, 1.82) is 0 Å². The number of hydrogen-bond donors (Lipinski definition) is 0. The van der Waals surface area contributed by atoms with Gasteiger partial charge < -0.3 is 13.9 Å². The van der Waals surface area contributed by atoms with Crippen molar-refractivity contribution in [2.45, 2.75) is 13.5 Å². The van der Waals surface area contributed by atoms with Crippen LogP contribution in [0.15, 0.2) is 51.7 Å². The molecule has 0 amide bonds. The summed E-state index contributed by atoms with van der Waals surface area (Å²) in [5, 5.41) is 0.594. The number of morpholine rings is 1. The van der Waals surface area contributed by atoms with Crippen LogP contribution >= 0.6 is 0 Å². The number of nitrogens with zero attached hydrogens (tertiary/aromatic N) is 1. The summed E-state index contributed by atoms with van der Waals surface area (Å²) in [6.07, 6.45) is 0. The average molecular weight is 365 g/mol. The predicted molar refractivity (Wildman–Crippen MR) is 105 cm³/mol. The van der Waals surface area contributed by atoms with Crippen molar-refractivity contribution in [3.63, 3.8) is 0 Å². The molecule has 27 heavy (non-hydrogen) atoms. The molecule has 4 rings (SSSR count). The van der Waals surface area contributed by atoms with Gasteiger partial charge in [-0.1, -0.05) is 30.3 Å². The van der Waals surface area contributed by atoms with Crippen molar-refractivity contribution in [2.24, 2.45) is 0 Å². The largest absolute Gasteiger partial charge is 0.496 e. The van der Waals surface area contributed by atoms with Gasteiger partial charge in [-0.15, -0.1) is 0 Å². The third-order valence-electron chi connectivity index (χ3n) is 5.09. The lowest BCUT2D eigenvalue weighted by molar-refractivity contribution is 0.0339. The summed E-state index contributed by atoms with van der Waals surface area (Å²) in [5.74, 6) is 1.35. The molecule has 1 saturated heterocycles. The van der Waals surface area contributed by atoms with Crippen LogP contribution in [-0.4, -0.2) is 38.3 Å². The molecule has 0 N–H and O–H groups in total. The Morgan fingerprint density at radius 2 is 1.81 bits per heavy atom. The molecule has 0 spiro atoms. The van der Waals surface area contributed by atoms with Crippen LogP contribution in [-0.2, 0) is 11.3 Å². The Bertz CT molecular complexity index is 1000. The summed E-state index contributed by atoms with van der Waals surface area (Å²) >= 11 is 0. The quantitative estimate of drug-likeness (QED) is 0.707. The molecule has 0 atom stereocenters. The highest BCUT2D eigenvalue weighted by Gasteiger charge is 2.20. The van der Waals surface area contributed by atoms with E-state index in [1.807, 2.05) is 43.3 Å². The topological polar surface area (TPSA) is 51.9 Å². The van der Waals surface area contributed by atoms with Gasteiger partial charge in [-0.05, 0) is 19.1 Å². The smallest absolute Gasteiger partial charge is 0.196 e. The van der Waals surface area contributed by atoms with Crippen LogP contribution in [0.2, 0.25) is 0 Å². The second-order valence-corrected chi connectivity index (χ2v) is 6.76. The lowest BCUT2D eigenvalue weighted by atomic mass is 10.0. The van der Waals surface area contributed by atoms with Crippen molar-refractivity contribution >= 4 is 11.0 Å². The van der Waals surface area contributed by atoms with Gasteiger partial charge in [0, 0.05) is 30.8 Å². The molecule has 1 aliphatic heterocycles. The van der Waals surface area contributed by atoms with Gasteiger partial charge in [0.15, 0.2) is 5.43 Å². The van der Waals surface area contributed by atoms with E-state index in [1.165, 1.54) is 0 Å². The zero-order valence-corrected chi connectivity index (χ0v) is 15.7. The number of rotatable bonds is 4. The Labute approximate surface area is 158 Å². The maximum absolute atomic E-state index is 13.0. The van der Waals surface area contributed by atoms with Crippen LogP contribution in [0, 0.1) is 6.92 Å². The van der Waals surface area contributed by atoms with Crippen molar-refractivity contribution in [1.82, 2.24) is 4.90 Å². The summed E-state index contributed by atoms with van der Waals surface area (Å²) in [6.45, 7) is 5.60. The van der Waals surface area contributed by atoms with E-state index in [1.54, 1.807) is 13.2 Å². The molecule has 5 heteroatoms. The number of fused-ring (bicyclic) bond motifs is 1. The fourth-order valence-corrected chi connectivity index (χ4v) is 3.58.